The van der Waals surface area contributed by atoms with Crippen LogP contribution in [0.5, 0.6) is 0 Å². The van der Waals surface area contributed by atoms with E-state index in [1.165, 1.54) is 42.5 Å². The zero-order chi connectivity index (χ0) is 31.0. The first-order valence-electron chi connectivity index (χ1n) is 15.8. The quantitative estimate of drug-likeness (QED) is 0.127. The third-order valence-electron chi connectivity index (χ3n) is 9.02. The van der Waals surface area contributed by atoms with Crippen molar-refractivity contribution >= 4 is 28.8 Å². The Hall–Kier alpha value is -2.83. The van der Waals surface area contributed by atoms with Crippen LogP contribution in [0.4, 0.5) is 5.82 Å². The van der Waals surface area contributed by atoms with Crippen LogP contribution in [0.25, 0.3) is 11.1 Å². The predicted molar refractivity (Wildman–Crippen MR) is 186 cm³/mol. The van der Waals surface area contributed by atoms with Crippen molar-refractivity contribution in [3.05, 3.63) is 64.8 Å². The Kier molecular flexibility index (Phi) is 12.1. The first-order valence-corrected chi connectivity index (χ1v) is 16.1. The van der Waals surface area contributed by atoms with Gasteiger partial charge in [0.1, 0.15) is 5.82 Å². The Morgan fingerprint density at radius 3 is 2.40 bits per heavy atom. The van der Waals surface area contributed by atoms with Crippen molar-refractivity contribution < 1.29 is 0 Å². The topological polar surface area (TPSA) is 29.6 Å². The van der Waals surface area contributed by atoms with Gasteiger partial charge in [-0.15, -0.1) is 0 Å². The van der Waals surface area contributed by atoms with Gasteiger partial charge in [-0.05, 0) is 101 Å². The summed E-state index contributed by atoms with van der Waals surface area (Å²) in [6.45, 7) is 24.9. The summed E-state index contributed by atoms with van der Waals surface area (Å²) in [6, 6.07) is 8.04. The molecule has 0 N–H and O–H groups in total. The lowest BCUT2D eigenvalue weighted by Crippen LogP contribution is -2.22. The van der Waals surface area contributed by atoms with Crippen LogP contribution in [0, 0.1) is 29.6 Å². The van der Waals surface area contributed by atoms with Gasteiger partial charge in [-0.25, -0.2) is 4.99 Å². The zero-order valence-electron chi connectivity index (χ0n) is 27.6. The second-order valence-corrected chi connectivity index (χ2v) is 13.6. The molecule has 0 saturated heterocycles. The van der Waals surface area contributed by atoms with Gasteiger partial charge in [0.25, 0.3) is 0 Å². The summed E-state index contributed by atoms with van der Waals surface area (Å²) in [7, 11) is 0. The molecule has 2 aromatic rings. The van der Waals surface area contributed by atoms with Gasteiger partial charge < -0.3 is 4.57 Å². The molecule has 3 unspecified atom stereocenters. The van der Waals surface area contributed by atoms with E-state index in [0.717, 1.165) is 46.2 Å². The highest BCUT2D eigenvalue weighted by molar-refractivity contribution is 6.30. The van der Waals surface area contributed by atoms with Crippen molar-refractivity contribution in [1.29, 1.82) is 0 Å². The number of rotatable bonds is 13. The highest BCUT2D eigenvalue weighted by Crippen LogP contribution is 2.39. The lowest BCUT2D eigenvalue weighted by molar-refractivity contribution is 0.346. The van der Waals surface area contributed by atoms with Crippen LogP contribution < -0.4 is 0 Å². The second kappa shape index (κ2) is 15.1. The van der Waals surface area contributed by atoms with E-state index >= 15 is 0 Å². The van der Waals surface area contributed by atoms with E-state index in [0.29, 0.717) is 24.2 Å². The minimum Gasteiger partial charge on any atom is -0.326 e. The maximum atomic E-state index is 6.19. The Labute approximate surface area is 261 Å². The minimum absolute atomic E-state index is 0.114. The van der Waals surface area contributed by atoms with E-state index in [1.54, 1.807) is 0 Å². The molecule has 226 valence electrons. The average Bonchev–Trinajstić information content (AvgIpc) is 3.18. The fourth-order valence-electron chi connectivity index (χ4n) is 5.64. The Balaban J connectivity index is 1.77. The van der Waals surface area contributed by atoms with Crippen molar-refractivity contribution in [3.63, 3.8) is 0 Å². The van der Waals surface area contributed by atoms with E-state index in [1.807, 2.05) is 18.2 Å². The van der Waals surface area contributed by atoms with E-state index in [2.05, 4.69) is 104 Å². The van der Waals surface area contributed by atoms with Gasteiger partial charge in [0.05, 0.1) is 5.56 Å². The summed E-state index contributed by atoms with van der Waals surface area (Å²) in [6.07, 6.45) is 10.9. The summed E-state index contributed by atoms with van der Waals surface area (Å²) in [4.78, 5) is 10.3. The second-order valence-electron chi connectivity index (χ2n) is 13.1. The summed E-state index contributed by atoms with van der Waals surface area (Å²) >= 11 is 6.19. The Morgan fingerprint density at radius 1 is 1.10 bits per heavy atom. The molecular weight excluding hydrogens is 534 g/mol. The maximum Gasteiger partial charge on any atom is 0.149 e. The molecule has 0 fully saturated rings. The summed E-state index contributed by atoms with van der Waals surface area (Å²) < 4.78 is 2.30. The van der Waals surface area contributed by atoms with Crippen molar-refractivity contribution in [1.82, 2.24) is 4.57 Å². The third kappa shape index (κ3) is 8.61. The monoisotopic (exact) mass is 585 g/mol. The number of aliphatic imine (C=N–C) groups is 2. The first kappa shape index (κ1) is 33.7. The Bertz CT molecular complexity index is 1380. The number of hydrogen-bond acceptors (Lipinski definition) is 2. The number of halogens is 1. The standard InChI is InChI=1S/C38H52ClN3/c1-11-14-31(23-24-40-30(7)28(5)26(3)12-2)18-17-27(4)29(6)36-16-13-15-34-35(32-19-21-33(39)22-20-32)25-42(37(34)41-36)38(8,9)10/h12,19-22,25,27,29,31H,2,11,14,16-18,23-24H2,1,3-10H3/b28-26-,40-30-. The van der Waals surface area contributed by atoms with Crippen LogP contribution in [-0.2, 0) is 5.54 Å². The molecule has 1 aliphatic rings. The highest BCUT2D eigenvalue weighted by Gasteiger charge is 2.27. The number of hydrogen-bond donors (Lipinski definition) is 0. The van der Waals surface area contributed by atoms with Crippen LogP contribution in [-0.4, -0.2) is 22.5 Å². The summed E-state index contributed by atoms with van der Waals surface area (Å²) in [5, 5.41) is 0.740. The lowest BCUT2D eigenvalue weighted by Gasteiger charge is -2.25. The smallest absolute Gasteiger partial charge is 0.149 e. The number of benzene rings is 1. The summed E-state index contributed by atoms with van der Waals surface area (Å²) in [5.41, 5.74) is 7.94. The maximum absolute atomic E-state index is 6.19. The van der Waals surface area contributed by atoms with E-state index in [-0.39, 0.29) is 5.54 Å². The van der Waals surface area contributed by atoms with Crippen LogP contribution in [0.1, 0.15) is 106 Å². The molecule has 1 aliphatic heterocycles. The molecule has 0 saturated carbocycles. The molecule has 1 aromatic heterocycles. The SMILES string of the molecule is C=C/C(C)=C(C)\C(C)=N/CCC(CCC)CCC(C)C(C)C1=Nc2c(c(-c3ccc(Cl)cc3)cn2C(C)(C)C)C#CC1. The molecule has 4 heteroatoms. The van der Waals surface area contributed by atoms with Crippen molar-refractivity contribution in [2.24, 2.45) is 27.7 Å². The molecule has 2 heterocycles. The van der Waals surface area contributed by atoms with Crippen LogP contribution in [0.3, 0.4) is 0 Å². The largest absolute Gasteiger partial charge is 0.326 e. The van der Waals surface area contributed by atoms with Crippen LogP contribution in [0.2, 0.25) is 5.02 Å². The van der Waals surface area contributed by atoms with Gasteiger partial charge in [-0.2, -0.15) is 0 Å². The molecule has 0 aliphatic carbocycles. The molecular formula is C38H52ClN3. The molecule has 1 aromatic carbocycles. The molecule has 0 radical (unpaired) electrons. The van der Waals surface area contributed by atoms with Crippen molar-refractivity contribution in [2.45, 2.75) is 106 Å². The van der Waals surface area contributed by atoms with Gasteiger partial charge >= 0.3 is 0 Å². The van der Waals surface area contributed by atoms with Gasteiger partial charge in [0, 0.05) is 46.7 Å². The normalized spacial score (nSPS) is 16.3. The van der Waals surface area contributed by atoms with Crippen molar-refractivity contribution in [3.8, 4) is 23.0 Å². The van der Waals surface area contributed by atoms with Gasteiger partial charge in [0.15, 0.2) is 0 Å². The molecule has 3 atom stereocenters. The molecule has 42 heavy (non-hydrogen) atoms. The van der Waals surface area contributed by atoms with E-state index in [9.17, 15) is 0 Å². The molecule has 0 bridgehead atoms. The van der Waals surface area contributed by atoms with Gasteiger partial charge in [-0.3, -0.25) is 4.99 Å². The number of aromatic nitrogens is 1. The lowest BCUT2D eigenvalue weighted by atomic mass is 9.83. The van der Waals surface area contributed by atoms with Crippen LogP contribution in [0.15, 0.2) is 64.2 Å². The van der Waals surface area contributed by atoms with E-state index in [4.69, 9.17) is 21.6 Å². The highest BCUT2D eigenvalue weighted by atomic mass is 35.5. The molecule has 3 nitrogen and oxygen atoms in total. The molecule has 0 amide bonds. The fraction of sp³-hybridized carbons (Fsp3) is 0.526. The summed E-state index contributed by atoms with van der Waals surface area (Å²) in [5.74, 6) is 9.56. The zero-order valence-corrected chi connectivity index (χ0v) is 28.3. The fourth-order valence-corrected chi connectivity index (χ4v) is 5.77. The van der Waals surface area contributed by atoms with E-state index < -0.39 is 0 Å². The first-order chi connectivity index (χ1) is 19.9. The van der Waals surface area contributed by atoms with Crippen LogP contribution >= 0.6 is 11.6 Å². The van der Waals surface area contributed by atoms with Gasteiger partial charge in [0.2, 0.25) is 0 Å². The predicted octanol–water partition coefficient (Wildman–Crippen LogP) is 11.2. The third-order valence-corrected chi connectivity index (χ3v) is 9.27. The molecule has 0 spiro atoms. The molecule has 3 rings (SSSR count). The number of nitrogens with zero attached hydrogens (tertiary/aromatic N) is 3. The average molecular weight is 586 g/mol. The minimum atomic E-state index is -0.114. The Morgan fingerprint density at radius 2 is 1.79 bits per heavy atom. The van der Waals surface area contributed by atoms with Gasteiger partial charge in [-0.1, -0.05) is 88.3 Å². The number of allylic oxidation sites excluding steroid dienone is 3. The number of fused-ring (bicyclic) bond motifs is 1. The van der Waals surface area contributed by atoms with Crippen molar-refractivity contribution in [2.75, 3.05) is 6.54 Å².